The first kappa shape index (κ1) is 23.0. The first-order chi connectivity index (χ1) is 17.2. The van der Waals surface area contributed by atoms with E-state index >= 15 is 0 Å². The quantitative estimate of drug-likeness (QED) is 0.304. The predicted octanol–water partition coefficient (Wildman–Crippen LogP) is 5.07. The molecule has 35 heavy (non-hydrogen) atoms. The number of para-hydroxylation sites is 4. The molecule has 0 saturated carbocycles. The molecule has 5 rings (SSSR count). The number of nitrogens with zero attached hydrogens (tertiary/aromatic N) is 3. The number of fused-ring (bicyclic) bond motifs is 1. The maximum atomic E-state index is 12.8. The standard InChI is InChI=1S/C29H31N3O3/c1-34-26-14-7-8-15-27(26)35-19-9-17-32-25-13-6-5-12-24(25)30-29(32)23-20-28(33)31(21-23)18-16-22-10-3-2-4-11-22/h2-8,10-15,23H,9,16-21H2,1H3. The van der Waals surface area contributed by atoms with Crippen molar-refractivity contribution < 1.29 is 14.3 Å². The zero-order valence-corrected chi connectivity index (χ0v) is 20.1. The molecule has 6 nitrogen and oxygen atoms in total. The Morgan fingerprint density at radius 2 is 1.66 bits per heavy atom. The molecule has 4 aromatic rings. The lowest BCUT2D eigenvalue weighted by molar-refractivity contribution is -0.127. The smallest absolute Gasteiger partial charge is 0.223 e. The minimum absolute atomic E-state index is 0.0980. The fraction of sp³-hybridized carbons (Fsp3) is 0.310. The molecule has 1 atom stereocenters. The number of rotatable bonds is 10. The molecule has 1 aromatic heterocycles. The zero-order valence-electron chi connectivity index (χ0n) is 20.1. The van der Waals surface area contributed by atoms with Gasteiger partial charge in [0.1, 0.15) is 5.82 Å². The van der Waals surface area contributed by atoms with Gasteiger partial charge in [0.15, 0.2) is 11.5 Å². The van der Waals surface area contributed by atoms with Crippen LogP contribution in [0.2, 0.25) is 0 Å². The van der Waals surface area contributed by atoms with Crippen LogP contribution in [0.3, 0.4) is 0 Å². The van der Waals surface area contributed by atoms with Gasteiger partial charge in [-0.1, -0.05) is 54.6 Å². The van der Waals surface area contributed by atoms with Crippen molar-refractivity contribution in [1.29, 1.82) is 0 Å². The van der Waals surface area contributed by atoms with Crippen molar-refractivity contribution in [3.8, 4) is 11.5 Å². The summed E-state index contributed by atoms with van der Waals surface area (Å²) >= 11 is 0. The van der Waals surface area contributed by atoms with Crippen molar-refractivity contribution in [3.05, 3.63) is 90.3 Å². The second kappa shape index (κ2) is 10.6. The number of methoxy groups -OCH3 is 1. The van der Waals surface area contributed by atoms with Gasteiger partial charge in [0, 0.05) is 32.0 Å². The Morgan fingerprint density at radius 3 is 2.49 bits per heavy atom. The lowest BCUT2D eigenvalue weighted by Crippen LogP contribution is -2.27. The SMILES string of the molecule is COc1ccccc1OCCCn1c(C2CC(=O)N(CCc3ccccc3)C2)nc2ccccc21. The molecule has 0 bridgehead atoms. The van der Waals surface area contributed by atoms with Crippen molar-refractivity contribution in [2.45, 2.75) is 31.7 Å². The number of aryl methyl sites for hydroxylation is 1. The lowest BCUT2D eigenvalue weighted by Gasteiger charge is -2.17. The molecule has 6 heteroatoms. The second-order valence-corrected chi connectivity index (χ2v) is 8.94. The minimum atomic E-state index is 0.0980. The molecular formula is C29H31N3O3. The van der Waals surface area contributed by atoms with Crippen LogP contribution in [0.25, 0.3) is 11.0 Å². The van der Waals surface area contributed by atoms with Crippen molar-refractivity contribution in [2.75, 3.05) is 26.8 Å². The average Bonchev–Trinajstić information content (AvgIpc) is 3.46. The second-order valence-electron chi connectivity index (χ2n) is 8.94. The molecule has 1 saturated heterocycles. The molecule has 1 amide bonds. The van der Waals surface area contributed by atoms with E-state index in [9.17, 15) is 4.79 Å². The summed E-state index contributed by atoms with van der Waals surface area (Å²) in [5.41, 5.74) is 3.34. The van der Waals surface area contributed by atoms with E-state index in [1.54, 1.807) is 7.11 Å². The molecule has 1 unspecified atom stereocenters. The normalized spacial score (nSPS) is 15.6. The van der Waals surface area contributed by atoms with Crippen LogP contribution in [0.1, 0.15) is 30.1 Å². The van der Waals surface area contributed by atoms with E-state index in [1.807, 2.05) is 65.6 Å². The number of amides is 1. The van der Waals surface area contributed by atoms with Crippen LogP contribution >= 0.6 is 0 Å². The van der Waals surface area contributed by atoms with E-state index in [-0.39, 0.29) is 11.8 Å². The topological polar surface area (TPSA) is 56.6 Å². The van der Waals surface area contributed by atoms with E-state index in [4.69, 9.17) is 14.5 Å². The van der Waals surface area contributed by atoms with Gasteiger partial charge in [-0.15, -0.1) is 0 Å². The number of ether oxygens (including phenoxy) is 2. The van der Waals surface area contributed by atoms with Gasteiger partial charge < -0.3 is 18.9 Å². The number of carbonyl (C=O) groups excluding carboxylic acids is 1. The molecule has 180 valence electrons. The molecule has 1 fully saturated rings. The summed E-state index contributed by atoms with van der Waals surface area (Å²) in [7, 11) is 1.65. The molecule has 0 radical (unpaired) electrons. The van der Waals surface area contributed by atoms with Crippen LogP contribution in [0.15, 0.2) is 78.9 Å². The zero-order chi connectivity index (χ0) is 24.0. The van der Waals surface area contributed by atoms with Crippen LogP contribution in [-0.4, -0.2) is 47.2 Å². The number of aromatic nitrogens is 2. The Morgan fingerprint density at radius 1 is 0.914 bits per heavy atom. The first-order valence-corrected chi connectivity index (χ1v) is 12.3. The van der Waals surface area contributed by atoms with Gasteiger partial charge in [0.25, 0.3) is 0 Å². The molecule has 1 aliphatic heterocycles. The molecule has 0 spiro atoms. The number of benzene rings is 3. The molecule has 1 aliphatic rings. The molecule has 0 N–H and O–H groups in total. The largest absolute Gasteiger partial charge is 0.493 e. The van der Waals surface area contributed by atoms with Crippen molar-refractivity contribution in [3.63, 3.8) is 0 Å². The highest BCUT2D eigenvalue weighted by Gasteiger charge is 2.33. The third-order valence-electron chi connectivity index (χ3n) is 6.63. The van der Waals surface area contributed by atoms with Gasteiger partial charge in [-0.05, 0) is 42.7 Å². The number of hydrogen-bond donors (Lipinski definition) is 0. The molecule has 3 aromatic carbocycles. The third-order valence-corrected chi connectivity index (χ3v) is 6.63. The maximum Gasteiger partial charge on any atom is 0.223 e. The Balaban J connectivity index is 1.27. The van der Waals surface area contributed by atoms with Crippen molar-refractivity contribution in [2.24, 2.45) is 0 Å². The van der Waals surface area contributed by atoms with Crippen LogP contribution < -0.4 is 9.47 Å². The van der Waals surface area contributed by atoms with Crippen LogP contribution in [0.5, 0.6) is 11.5 Å². The Labute approximate surface area is 206 Å². The van der Waals surface area contributed by atoms with E-state index < -0.39 is 0 Å². The van der Waals surface area contributed by atoms with Gasteiger partial charge in [-0.2, -0.15) is 0 Å². The van der Waals surface area contributed by atoms with Crippen LogP contribution in [0, 0.1) is 0 Å². The summed E-state index contributed by atoms with van der Waals surface area (Å²) in [4.78, 5) is 19.8. The first-order valence-electron chi connectivity index (χ1n) is 12.3. The summed E-state index contributed by atoms with van der Waals surface area (Å²) in [6.45, 7) is 2.80. The molecule has 2 heterocycles. The van der Waals surface area contributed by atoms with Gasteiger partial charge >= 0.3 is 0 Å². The van der Waals surface area contributed by atoms with E-state index in [2.05, 4.69) is 22.8 Å². The summed E-state index contributed by atoms with van der Waals surface area (Å²) in [6.07, 6.45) is 2.20. The third kappa shape index (κ3) is 5.16. The van der Waals surface area contributed by atoms with Gasteiger partial charge in [-0.3, -0.25) is 4.79 Å². The molecule has 0 aliphatic carbocycles. The highest BCUT2D eigenvalue weighted by Crippen LogP contribution is 2.31. The van der Waals surface area contributed by atoms with E-state index in [0.29, 0.717) is 19.6 Å². The summed E-state index contributed by atoms with van der Waals surface area (Å²) in [5, 5.41) is 0. The van der Waals surface area contributed by atoms with Gasteiger partial charge in [0.05, 0.1) is 24.8 Å². The number of imidazole rings is 1. The summed E-state index contributed by atoms with van der Waals surface area (Å²) < 4.78 is 13.7. The fourth-order valence-corrected chi connectivity index (χ4v) is 4.85. The van der Waals surface area contributed by atoms with Gasteiger partial charge in [-0.25, -0.2) is 4.98 Å². The van der Waals surface area contributed by atoms with Gasteiger partial charge in [0.2, 0.25) is 5.91 Å². The Hall–Kier alpha value is -3.80. The fourth-order valence-electron chi connectivity index (χ4n) is 4.85. The van der Waals surface area contributed by atoms with Crippen molar-refractivity contribution >= 4 is 16.9 Å². The number of hydrogen-bond acceptors (Lipinski definition) is 4. The predicted molar refractivity (Wildman–Crippen MR) is 137 cm³/mol. The Kier molecular flexibility index (Phi) is 6.98. The maximum absolute atomic E-state index is 12.8. The Bertz CT molecular complexity index is 1280. The minimum Gasteiger partial charge on any atom is -0.493 e. The average molecular weight is 470 g/mol. The van der Waals surface area contributed by atoms with Crippen LogP contribution in [-0.2, 0) is 17.8 Å². The number of carbonyl (C=O) groups is 1. The summed E-state index contributed by atoms with van der Waals surface area (Å²) in [5.74, 6) is 2.80. The highest BCUT2D eigenvalue weighted by atomic mass is 16.5. The summed E-state index contributed by atoms with van der Waals surface area (Å²) in [6, 6.07) is 26.3. The van der Waals surface area contributed by atoms with E-state index in [1.165, 1.54) is 5.56 Å². The monoisotopic (exact) mass is 469 g/mol. The number of likely N-dealkylation sites (tertiary alicyclic amines) is 1. The van der Waals surface area contributed by atoms with E-state index in [0.717, 1.165) is 54.3 Å². The van der Waals surface area contributed by atoms with Crippen LogP contribution in [0.4, 0.5) is 0 Å². The highest BCUT2D eigenvalue weighted by molar-refractivity contribution is 5.81. The lowest BCUT2D eigenvalue weighted by atomic mass is 10.1. The molecular weight excluding hydrogens is 438 g/mol. The van der Waals surface area contributed by atoms with Crippen molar-refractivity contribution in [1.82, 2.24) is 14.5 Å².